The van der Waals surface area contributed by atoms with Crippen molar-refractivity contribution in [2.45, 2.75) is 50.6 Å². The van der Waals surface area contributed by atoms with E-state index >= 15 is 0 Å². The SMILES string of the molecule is c1coc(CN2CCC3(CCCN3CC3CC3)CC2)c1. The van der Waals surface area contributed by atoms with Gasteiger partial charge in [-0.3, -0.25) is 9.80 Å². The number of furan rings is 1. The van der Waals surface area contributed by atoms with Crippen LogP contribution in [0, 0.1) is 5.92 Å². The van der Waals surface area contributed by atoms with Crippen molar-refractivity contribution in [3.05, 3.63) is 24.2 Å². The van der Waals surface area contributed by atoms with Crippen molar-refractivity contribution < 1.29 is 4.42 Å². The summed E-state index contributed by atoms with van der Waals surface area (Å²) in [7, 11) is 0. The van der Waals surface area contributed by atoms with Gasteiger partial charge in [-0.2, -0.15) is 0 Å². The molecular formula is C17H26N2O. The van der Waals surface area contributed by atoms with Gasteiger partial charge in [0.15, 0.2) is 0 Å². The van der Waals surface area contributed by atoms with E-state index in [1.165, 1.54) is 64.7 Å². The Balaban J connectivity index is 1.35. The molecule has 0 amide bonds. The molecule has 0 aromatic carbocycles. The minimum atomic E-state index is 0.558. The fourth-order valence-electron chi connectivity index (χ4n) is 4.21. The number of rotatable bonds is 4. The van der Waals surface area contributed by atoms with E-state index in [-0.39, 0.29) is 0 Å². The molecule has 110 valence electrons. The van der Waals surface area contributed by atoms with Crippen LogP contribution >= 0.6 is 0 Å². The van der Waals surface area contributed by atoms with Gasteiger partial charge in [-0.15, -0.1) is 0 Å². The summed E-state index contributed by atoms with van der Waals surface area (Å²) in [6, 6.07) is 4.09. The van der Waals surface area contributed by atoms with Crippen molar-refractivity contribution in [2.75, 3.05) is 26.2 Å². The second kappa shape index (κ2) is 5.19. The van der Waals surface area contributed by atoms with Gasteiger partial charge in [0.25, 0.3) is 0 Å². The molecule has 1 aromatic rings. The van der Waals surface area contributed by atoms with E-state index in [4.69, 9.17) is 4.42 Å². The molecule has 0 radical (unpaired) electrons. The average Bonchev–Trinajstić information content (AvgIpc) is 2.98. The largest absolute Gasteiger partial charge is 0.468 e. The van der Waals surface area contributed by atoms with Gasteiger partial charge in [0, 0.05) is 25.2 Å². The molecule has 3 heteroatoms. The topological polar surface area (TPSA) is 19.6 Å². The van der Waals surface area contributed by atoms with Gasteiger partial charge < -0.3 is 4.42 Å². The molecule has 3 nitrogen and oxygen atoms in total. The van der Waals surface area contributed by atoms with Crippen LogP contribution in [0.5, 0.6) is 0 Å². The summed E-state index contributed by atoms with van der Waals surface area (Å²) >= 11 is 0. The van der Waals surface area contributed by atoms with Gasteiger partial charge in [0.1, 0.15) is 5.76 Å². The first-order valence-corrected chi connectivity index (χ1v) is 8.34. The molecule has 4 rings (SSSR count). The van der Waals surface area contributed by atoms with Crippen LogP contribution in [0.4, 0.5) is 0 Å². The quantitative estimate of drug-likeness (QED) is 0.841. The zero-order chi connectivity index (χ0) is 13.4. The van der Waals surface area contributed by atoms with Crippen LogP contribution in [0.15, 0.2) is 22.8 Å². The monoisotopic (exact) mass is 274 g/mol. The van der Waals surface area contributed by atoms with E-state index in [1.54, 1.807) is 6.26 Å². The molecule has 1 aromatic heterocycles. The van der Waals surface area contributed by atoms with Crippen molar-refractivity contribution in [1.82, 2.24) is 9.80 Å². The molecule has 0 unspecified atom stereocenters. The molecule has 0 atom stereocenters. The molecule has 0 bridgehead atoms. The normalized spacial score (nSPS) is 27.4. The van der Waals surface area contributed by atoms with Crippen molar-refractivity contribution in [2.24, 2.45) is 5.92 Å². The van der Waals surface area contributed by atoms with E-state index in [2.05, 4.69) is 15.9 Å². The van der Waals surface area contributed by atoms with Gasteiger partial charge in [-0.1, -0.05) is 0 Å². The van der Waals surface area contributed by atoms with E-state index in [0.29, 0.717) is 5.54 Å². The van der Waals surface area contributed by atoms with Gasteiger partial charge >= 0.3 is 0 Å². The van der Waals surface area contributed by atoms with Gasteiger partial charge in [0.05, 0.1) is 12.8 Å². The molecule has 20 heavy (non-hydrogen) atoms. The Kier molecular flexibility index (Phi) is 3.35. The van der Waals surface area contributed by atoms with Crippen LogP contribution in [0.2, 0.25) is 0 Å². The van der Waals surface area contributed by atoms with Gasteiger partial charge in [-0.05, 0) is 63.1 Å². The first-order chi connectivity index (χ1) is 9.84. The Morgan fingerprint density at radius 1 is 1.15 bits per heavy atom. The molecule has 1 saturated carbocycles. The number of likely N-dealkylation sites (tertiary alicyclic amines) is 2. The second-order valence-corrected chi connectivity index (χ2v) is 7.07. The second-order valence-electron chi connectivity index (χ2n) is 7.07. The third-order valence-corrected chi connectivity index (χ3v) is 5.66. The Hall–Kier alpha value is -0.800. The maximum atomic E-state index is 5.48. The number of piperidine rings is 1. The van der Waals surface area contributed by atoms with Crippen molar-refractivity contribution in [3.63, 3.8) is 0 Å². The summed E-state index contributed by atoms with van der Waals surface area (Å²) in [5.41, 5.74) is 0.558. The smallest absolute Gasteiger partial charge is 0.117 e. The first-order valence-electron chi connectivity index (χ1n) is 8.34. The van der Waals surface area contributed by atoms with Crippen molar-refractivity contribution in [3.8, 4) is 0 Å². The van der Waals surface area contributed by atoms with Crippen LogP contribution in [0.3, 0.4) is 0 Å². The summed E-state index contributed by atoms with van der Waals surface area (Å²) in [4.78, 5) is 5.42. The predicted molar refractivity (Wildman–Crippen MR) is 79.5 cm³/mol. The average molecular weight is 274 g/mol. The summed E-state index contributed by atoms with van der Waals surface area (Å²) in [5, 5.41) is 0. The Morgan fingerprint density at radius 3 is 2.70 bits per heavy atom. The highest BCUT2D eigenvalue weighted by Crippen LogP contribution is 2.41. The fraction of sp³-hybridized carbons (Fsp3) is 0.765. The maximum Gasteiger partial charge on any atom is 0.117 e. The predicted octanol–water partition coefficient (Wildman–Crippen LogP) is 3.12. The fourth-order valence-corrected chi connectivity index (χ4v) is 4.21. The zero-order valence-electron chi connectivity index (χ0n) is 12.4. The first kappa shape index (κ1) is 12.9. The standard InChI is InChI=1S/C17H26N2O/c1-3-16(20-12-1)14-18-10-7-17(8-11-18)6-2-9-19(17)13-15-4-5-15/h1,3,12,15H,2,4-11,13-14H2. The highest BCUT2D eigenvalue weighted by atomic mass is 16.3. The van der Waals surface area contributed by atoms with Crippen LogP contribution < -0.4 is 0 Å². The highest BCUT2D eigenvalue weighted by molar-refractivity contribution is 5.03. The molecule has 3 fully saturated rings. The molecule has 3 aliphatic rings. The summed E-state index contributed by atoms with van der Waals surface area (Å²) in [6.45, 7) is 6.21. The minimum Gasteiger partial charge on any atom is -0.468 e. The van der Waals surface area contributed by atoms with Crippen LogP contribution in [-0.2, 0) is 6.54 Å². The van der Waals surface area contributed by atoms with Crippen LogP contribution in [-0.4, -0.2) is 41.5 Å². The summed E-state index contributed by atoms with van der Waals surface area (Å²) in [6.07, 6.45) is 10.3. The molecular weight excluding hydrogens is 248 g/mol. The molecule has 3 heterocycles. The molecule has 2 saturated heterocycles. The Labute approximate surface area is 121 Å². The Morgan fingerprint density at radius 2 is 2.00 bits per heavy atom. The lowest BCUT2D eigenvalue weighted by Gasteiger charge is -2.45. The van der Waals surface area contributed by atoms with E-state index in [1.807, 2.05) is 6.07 Å². The maximum absolute atomic E-state index is 5.48. The third-order valence-electron chi connectivity index (χ3n) is 5.66. The molecule has 0 N–H and O–H groups in total. The van der Waals surface area contributed by atoms with E-state index in [0.717, 1.165) is 18.2 Å². The minimum absolute atomic E-state index is 0.558. The van der Waals surface area contributed by atoms with Crippen molar-refractivity contribution in [1.29, 1.82) is 0 Å². The lowest BCUT2D eigenvalue weighted by Crippen LogP contribution is -2.52. The zero-order valence-corrected chi connectivity index (χ0v) is 12.4. The lowest BCUT2D eigenvalue weighted by molar-refractivity contribution is 0.0448. The van der Waals surface area contributed by atoms with Crippen molar-refractivity contribution >= 4 is 0 Å². The van der Waals surface area contributed by atoms with Crippen LogP contribution in [0.25, 0.3) is 0 Å². The lowest BCUT2D eigenvalue weighted by atomic mass is 9.84. The molecule has 1 aliphatic carbocycles. The molecule has 1 spiro atoms. The van der Waals surface area contributed by atoms with Gasteiger partial charge in [-0.25, -0.2) is 0 Å². The Bertz CT molecular complexity index is 430. The third kappa shape index (κ3) is 2.53. The molecule has 2 aliphatic heterocycles. The van der Waals surface area contributed by atoms with E-state index in [9.17, 15) is 0 Å². The highest BCUT2D eigenvalue weighted by Gasteiger charge is 2.44. The van der Waals surface area contributed by atoms with Gasteiger partial charge in [0.2, 0.25) is 0 Å². The summed E-state index contributed by atoms with van der Waals surface area (Å²) < 4.78 is 5.48. The summed E-state index contributed by atoms with van der Waals surface area (Å²) in [5.74, 6) is 2.15. The number of hydrogen-bond acceptors (Lipinski definition) is 3. The van der Waals surface area contributed by atoms with Crippen LogP contribution in [0.1, 0.15) is 44.3 Å². The number of hydrogen-bond donors (Lipinski definition) is 0. The van der Waals surface area contributed by atoms with E-state index < -0.39 is 0 Å². The number of nitrogens with zero attached hydrogens (tertiary/aromatic N) is 2.